The lowest BCUT2D eigenvalue weighted by Gasteiger charge is -1.96. The van der Waals surface area contributed by atoms with Gasteiger partial charge in [0.05, 0.1) is 5.92 Å². The van der Waals surface area contributed by atoms with E-state index in [4.69, 9.17) is 0 Å². The second-order valence-electron chi connectivity index (χ2n) is 2.45. The molecule has 1 radical (unpaired) electrons. The van der Waals surface area contributed by atoms with Crippen LogP contribution >= 0.6 is 0 Å². The Balaban J connectivity index is 2.32. The second kappa shape index (κ2) is 1.77. The molecule has 0 amide bonds. The molecule has 45 valence electrons. The first-order chi connectivity index (χ1) is 3.72. The smallest absolute Gasteiger partial charge is 0.247 e. The molecule has 1 atom stereocenters. The van der Waals surface area contributed by atoms with Crippen LogP contribution in [0.4, 0.5) is 0 Å². The van der Waals surface area contributed by atoms with Crippen molar-refractivity contribution in [3.8, 4) is 0 Å². The molecule has 1 aliphatic carbocycles. The molecule has 2 nitrogen and oxygen atoms in total. The lowest BCUT2D eigenvalue weighted by molar-refractivity contribution is -0.148. The van der Waals surface area contributed by atoms with Crippen LogP contribution in [0.15, 0.2) is 0 Å². The van der Waals surface area contributed by atoms with Crippen molar-refractivity contribution in [3.63, 3.8) is 0 Å². The summed E-state index contributed by atoms with van der Waals surface area (Å²) in [4.78, 5) is 10.1. The first-order valence-electron chi connectivity index (χ1n) is 2.92. The van der Waals surface area contributed by atoms with Gasteiger partial charge in [-0.1, -0.05) is 6.92 Å². The monoisotopic (exact) mass is 113 g/mol. The highest BCUT2D eigenvalue weighted by molar-refractivity contribution is 5.69. The summed E-state index contributed by atoms with van der Waals surface area (Å²) >= 11 is 0. The van der Waals surface area contributed by atoms with Crippen LogP contribution in [0.5, 0.6) is 0 Å². The molecule has 0 heterocycles. The number of rotatable bonds is 2. The summed E-state index contributed by atoms with van der Waals surface area (Å²) in [5.41, 5.74) is 0. The molecule has 8 heavy (non-hydrogen) atoms. The third-order valence-electron chi connectivity index (χ3n) is 1.70. The highest BCUT2D eigenvalue weighted by atomic mass is 16.4. The van der Waals surface area contributed by atoms with Gasteiger partial charge < -0.3 is 0 Å². The maximum absolute atomic E-state index is 10.1. The van der Waals surface area contributed by atoms with Crippen molar-refractivity contribution in [1.82, 2.24) is 0 Å². The molecule has 1 saturated carbocycles. The fraction of sp³-hybridized carbons (Fsp3) is 0.833. The molecule has 1 fully saturated rings. The topological polar surface area (TPSA) is 37.0 Å². The van der Waals surface area contributed by atoms with Crippen LogP contribution in [-0.4, -0.2) is 5.97 Å². The van der Waals surface area contributed by atoms with Gasteiger partial charge in [-0.15, -0.1) is 0 Å². The van der Waals surface area contributed by atoms with Gasteiger partial charge in [0.2, 0.25) is 0 Å². The first kappa shape index (κ1) is 5.60. The van der Waals surface area contributed by atoms with Crippen LogP contribution in [-0.2, 0) is 9.90 Å². The minimum absolute atomic E-state index is 0.213. The molecule has 0 saturated heterocycles. The van der Waals surface area contributed by atoms with Gasteiger partial charge in [-0.25, -0.2) is 9.90 Å². The summed E-state index contributed by atoms with van der Waals surface area (Å²) in [5.74, 6) is -0.678. The molecule has 1 aliphatic rings. The van der Waals surface area contributed by atoms with E-state index < -0.39 is 5.97 Å². The lowest BCUT2D eigenvalue weighted by atomic mass is 10.1. The molecule has 0 aromatic carbocycles. The molecular weight excluding hydrogens is 104 g/mol. The molecule has 0 N–H and O–H groups in total. The number of carbonyl (C=O) groups is 1. The summed E-state index contributed by atoms with van der Waals surface area (Å²) in [6.07, 6.45) is 2.16. The Morgan fingerprint density at radius 2 is 2.12 bits per heavy atom. The molecule has 1 unspecified atom stereocenters. The number of hydrogen-bond donors (Lipinski definition) is 0. The van der Waals surface area contributed by atoms with Crippen molar-refractivity contribution in [2.45, 2.75) is 19.8 Å². The predicted molar refractivity (Wildman–Crippen MR) is 27.6 cm³/mol. The summed E-state index contributed by atoms with van der Waals surface area (Å²) in [6.45, 7) is 1.72. The van der Waals surface area contributed by atoms with Gasteiger partial charge in [-0.2, -0.15) is 0 Å². The zero-order valence-corrected chi connectivity index (χ0v) is 4.89. The minimum Gasteiger partial charge on any atom is -0.247 e. The fourth-order valence-electron chi connectivity index (χ4n) is 0.789. The molecule has 0 spiro atoms. The Morgan fingerprint density at radius 3 is 2.25 bits per heavy atom. The maximum Gasteiger partial charge on any atom is 0.358 e. The zero-order valence-electron chi connectivity index (χ0n) is 4.89. The van der Waals surface area contributed by atoms with Gasteiger partial charge in [0.1, 0.15) is 0 Å². The van der Waals surface area contributed by atoms with Gasteiger partial charge in [-0.05, 0) is 18.8 Å². The van der Waals surface area contributed by atoms with Crippen molar-refractivity contribution in [2.24, 2.45) is 11.8 Å². The van der Waals surface area contributed by atoms with E-state index in [0.717, 1.165) is 12.8 Å². The highest BCUT2D eigenvalue weighted by Crippen LogP contribution is 2.36. The number of hydrogen-bond acceptors (Lipinski definition) is 1. The van der Waals surface area contributed by atoms with E-state index in [1.165, 1.54) is 0 Å². The van der Waals surface area contributed by atoms with Gasteiger partial charge in [0.25, 0.3) is 0 Å². The van der Waals surface area contributed by atoms with Crippen molar-refractivity contribution < 1.29 is 9.90 Å². The molecule has 0 aromatic heterocycles. The summed E-state index contributed by atoms with van der Waals surface area (Å²) < 4.78 is 0. The van der Waals surface area contributed by atoms with Gasteiger partial charge in [-0.3, -0.25) is 0 Å². The van der Waals surface area contributed by atoms with Crippen molar-refractivity contribution in [1.29, 1.82) is 0 Å². The van der Waals surface area contributed by atoms with Crippen LogP contribution in [0.1, 0.15) is 19.8 Å². The fourth-order valence-corrected chi connectivity index (χ4v) is 0.789. The normalized spacial score (nSPS) is 22.6. The summed E-state index contributed by atoms with van der Waals surface area (Å²) in [6, 6.07) is 0. The predicted octanol–water partition coefficient (Wildman–Crippen LogP) is 0.990. The SMILES string of the molecule is CC(C([O])=O)C1CC1. The van der Waals surface area contributed by atoms with Crippen LogP contribution in [0.3, 0.4) is 0 Å². The van der Waals surface area contributed by atoms with E-state index in [0.29, 0.717) is 5.92 Å². The van der Waals surface area contributed by atoms with E-state index in [1.54, 1.807) is 6.92 Å². The molecule has 0 aliphatic heterocycles. The van der Waals surface area contributed by atoms with Gasteiger partial charge in [0, 0.05) is 0 Å². The molecular formula is C6H9O2. The Labute approximate surface area is 48.5 Å². The zero-order chi connectivity index (χ0) is 6.15. The van der Waals surface area contributed by atoms with E-state index in [-0.39, 0.29) is 5.92 Å². The summed E-state index contributed by atoms with van der Waals surface area (Å²) in [5, 5.41) is 10.1. The van der Waals surface area contributed by atoms with E-state index in [9.17, 15) is 9.90 Å². The van der Waals surface area contributed by atoms with E-state index in [2.05, 4.69) is 0 Å². The third kappa shape index (κ3) is 0.997. The summed E-state index contributed by atoms with van der Waals surface area (Å²) in [7, 11) is 0. The maximum atomic E-state index is 10.1. The third-order valence-corrected chi connectivity index (χ3v) is 1.70. The highest BCUT2D eigenvalue weighted by Gasteiger charge is 2.33. The number of carbonyl (C=O) groups excluding carboxylic acids is 1. The Morgan fingerprint density at radius 1 is 1.62 bits per heavy atom. The molecule has 2 heteroatoms. The average Bonchev–Trinajstić information content (AvgIpc) is 2.43. The Kier molecular flexibility index (Phi) is 1.24. The molecule has 1 rings (SSSR count). The van der Waals surface area contributed by atoms with Gasteiger partial charge in [0.15, 0.2) is 0 Å². The van der Waals surface area contributed by atoms with Crippen LogP contribution in [0, 0.1) is 11.8 Å². The van der Waals surface area contributed by atoms with Crippen molar-refractivity contribution in [2.75, 3.05) is 0 Å². The minimum atomic E-state index is -0.896. The van der Waals surface area contributed by atoms with Crippen LogP contribution in [0.25, 0.3) is 0 Å². The standard InChI is InChI=1S/C6H9O2/c1-4(6(7)8)5-2-3-5/h4-5H,2-3H2,1H3. The molecule has 0 bridgehead atoms. The first-order valence-corrected chi connectivity index (χ1v) is 2.92. The Hall–Kier alpha value is -0.530. The van der Waals surface area contributed by atoms with Gasteiger partial charge >= 0.3 is 5.97 Å². The quantitative estimate of drug-likeness (QED) is 0.526. The van der Waals surface area contributed by atoms with Crippen molar-refractivity contribution in [3.05, 3.63) is 0 Å². The van der Waals surface area contributed by atoms with E-state index in [1.807, 2.05) is 0 Å². The van der Waals surface area contributed by atoms with E-state index >= 15 is 0 Å². The second-order valence-corrected chi connectivity index (χ2v) is 2.45. The average molecular weight is 113 g/mol. The van der Waals surface area contributed by atoms with Crippen LogP contribution < -0.4 is 0 Å². The van der Waals surface area contributed by atoms with Crippen molar-refractivity contribution >= 4 is 5.97 Å². The van der Waals surface area contributed by atoms with Crippen LogP contribution in [0.2, 0.25) is 0 Å². The molecule has 0 aromatic rings. The lowest BCUT2D eigenvalue weighted by Crippen LogP contribution is -2.09. The Bertz CT molecular complexity index is 105. The largest absolute Gasteiger partial charge is 0.358 e.